The number of hydrogen-bond donors (Lipinski definition) is 3. The number of anilines is 5. The maximum Gasteiger partial charge on any atom is 0.255 e. The Labute approximate surface area is 169 Å². The van der Waals surface area contributed by atoms with E-state index >= 15 is 0 Å². The van der Waals surface area contributed by atoms with Gasteiger partial charge in [0.05, 0.1) is 0 Å². The number of benzene rings is 2. The molecule has 0 unspecified atom stereocenters. The van der Waals surface area contributed by atoms with E-state index < -0.39 is 0 Å². The van der Waals surface area contributed by atoms with Crippen LogP contribution >= 0.6 is 0 Å². The zero-order chi connectivity index (χ0) is 20.8. The second-order valence-corrected chi connectivity index (χ2v) is 6.71. The molecule has 1 heterocycles. The number of carbonyl (C=O) groups excluding carboxylic acids is 2. The number of hydrogen-bond acceptors (Lipinski definition) is 5. The summed E-state index contributed by atoms with van der Waals surface area (Å²) in [4.78, 5) is 30.1. The second kappa shape index (κ2) is 8.88. The molecule has 7 nitrogen and oxygen atoms in total. The van der Waals surface area contributed by atoms with Gasteiger partial charge < -0.3 is 20.9 Å². The van der Waals surface area contributed by atoms with Crippen LogP contribution in [0.15, 0.2) is 66.9 Å². The molecule has 7 heteroatoms. The van der Waals surface area contributed by atoms with Crippen LogP contribution in [0.4, 0.5) is 28.6 Å². The number of aromatic nitrogens is 1. The minimum atomic E-state index is -0.265. The van der Waals surface area contributed by atoms with Gasteiger partial charge in [0.25, 0.3) is 5.91 Å². The van der Waals surface area contributed by atoms with Gasteiger partial charge in [0.15, 0.2) is 0 Å². The molecule has 3 rings (SSSR count). The minimum absolute atomic E-state index is 0.169. The van der Waals surface area contributed by atoms with Gasteiger partial charge in [-0.15, -0.1) is 0 Å². The fourth-order valence-corrected chi connectivity index (χ4v) is 2.71. The lowest BCUT2D eigenvalue weighted by atomic mass is 10.2. The lowest BCUT2D eigenvalue weighted by molar-refractivity contribution is -0.114. The first-order chi connectivity index (χ1) is 13.9. The molecule has 0 spiro atoms. The summed E-state index contributed by atoms with van der Waals surface area (Å²) >= 11 is 0. The van der Waals surface area contributed by atoms with Crippen LogP contribution in [0, 0.1) is 0 Å². The van der Waals surface area contributed by atoms with Gasteiger partial charge in [-0.25, -0.2) is 4.98 Å². The molecule has 0 saturated carbocycles. The highest BCUT2D eigenvalue weighted by atomic mass is 16.2. The van der Waals surface area contributed by atoms with Crippen LogP contribution in [0.25, 0.3) is 0 Å². The fourth-order valence-electron chi connectivity index (χ4n) is 2.71. The normalized spacial score (nSPS) is 10.2. The summed E-state index contributed by atoms with van der Waals surface area (Å²) < 4.78 is 0. The van der Waals surface area contributed by atoms with Crippen molar-refractivity contribution in [3.63, 3.8) is 0 Å². The molecular weight excluding hydrogens is 366 g/mol. The highest BCUT2D eigenvalue weighted by molar-refractivity contribution is 6.05. The van der Waals surface area contributed by atoms with Crippen LogP contribution in [-0.4, -0.2) is 30.9 Å². The lowest BCUT2D eigenvalue weighted by Crippen LogP contribution is -2.13. The number of nitrogens with zero attached hydrogens (tertiary/aromatic N) is 2. The Kier molecular flexibility index (Phi) is 6.09. The molecule has 2 amide bonds. The van der Waals surface area contributed by atoms with Crippen LogP contribution < -0.4 is 20.9 Å². The fraction of sp³-hybridized carbons (Fsp3) is 0.136. The van der Waals surface area contributed by atoms with Crippen LogP contribution in [0.3, 0.4) is 0 Å². The molecule has 3 N–H and O–H groups in total. The standard InChI is InChI=1S/C22H23N5O2/c1-15(28)24-18-5-4-6-19(14-18)26-22(29)16-11-12-23-21(13-16)25-17-7-9-20(10-8-17)27(2)3/h4-14H,1-3H3,(H,23,25)(H,24,28)(H,26,29). The van der Waals surface area contributed by atoms with Crippen molar-refractivity contribution in [2.45, 2.75) is 6.92 Å². The van der Waals surface area contributed by atoms with E-state index in [1.807, 2.05) is 43.3 Å². The second-order valence-electron chi connectivity index (χ2n) is 6.71. The molecular formula is C22H23N5O2. The Balaban J connectivity index is 1.70. The van der Waals surface area contributed by atoms with E-state index in [2.05, 4.69) is 20.9 Å². The monoisotopic (exact) mass is 389 g/mol. The Morgan fingerprint density at radius 3 is 2.21 bits per heavy atom. The minimum Gasteiger partial charge on any atom is -0.378 e. The largest absolute Gasteiger partial charge is 0.378 e. The predicted octanol–water partition coefficient (Wildman–Crippen LogP) is 4.10. The molecule has 0 fully saturated rings. The molecule has 0 bridgehead atoms. The van der Waals surface area contributed by atoms with Gasteiger partial charge in [0, 0.05) is 55.5 Å². The van der Waals surface area contributed by atoms with Crippen molar-refractivity contribution in [2.24, 2.45) is 0 Å². The molecule has 0 aliphatic heterocycles. The number of amides is 2. The number of pyridine rings is 1. The molecule has 0 aliphatic carbocycles. The summed E-state index contributed by atoms with van der Waals surface area (Å²) in [7, 11) is 3.97. The average molecular weight is 389 g/mol. The molecule has 29 heavy (non-hydrogen) atoms. The van der Waals surface area contributed by atoms with E-state index in [-0.39, 0.29) is 11.8 Å². The molecule has 2 aromatic carbocycles. The molecule has 148 valence electrons. The first kappa shape index (κ1) is 19.9. The maximum atomic E-state index is 12.6. The Morgan fingerprint density at radius 1 is 0.862 bits per heavy atom. The summed E-state index contributed by atoms with van der Waals surface area (Å²) in [5.74, 6) is 0.137. The highest BCUT2D eigenvalue weighted by Crippen LogP contribution is 2.20. The van der Waals surface area contributed by atoms with Gasteiger partial charge >= 0.3 is 0 Å². The van der Waals surface area contributed by atoms with Crippen molar-refractivity contribution in [1.82, 2.24) is 4.98 Å². The number of carbonyl (C=O) groups is 2. The smallest absolute Gasteiger partial charge is 0.255 e. The van der Waals surface area contributed by atoms with E-state index in [4.69, 9.17) is 0 Å². The average Bonchev–Trinajstić information content (AvgIpc) is 2.68. The van der Waals surface area contributed by atoms with Gasteiger partial charge in [-0.3, -0.25) is 9.59 Å². The predicted molar refractivity (Wildman–Crippen MR) is 117 cm³/mol. The molecule has 0 radical (unpaired) electrons. The van der Waals surface area contributed by atoms with Crippen LogP contribution in [0.1, 0.15) is 17.3 Å². The van der Waals surface area contributed by atoms with E-state index in [1.165, 1.54) is 6.92 Å². The maximum absolute atomic E-state index is 12.6. The first-order valence-electron chi connectivity index (χ1n) is 9.10. The van der Waals surface area contributed by atoms with Crippen molar-refractivity contribution < 1.29 is 9.59 Å². The SMILES string of the molecule is CC(=O)Nc1cccc(NC(=O)c2ccnc(Nc3ccc(N(C)C)cc3)c2)c1. The Hall–Kier alpha value is -3.87. The Bertz CT molecular complexity index is 1020. The van der Waals surface area contributed by atoms with E-state index in [0.717, 1.165) is 11.4 Å². The molecule has 0 atom stereocenters. The Morgan fingerprint density at radius 2 is 1.55 bits per heavy atom. The first-order valence-corrected chi connectivity index (χ1v) is 9.10. The molecule has 0 saturated heterocycles. The van der Waals surface area contributed by atoms with Gasteiger partial charge in [-0.2, -0.15) is 0 Å². The zero-order valence-electron chi connectivity index (χ0n) is 16.6. The lowest BCUT2D eigenvalue weighted by Gasteiger charge is -2.13. The summed E-state index contributed by atoms with van der Waals surface area (Å²) in [5.41, 5.74) is 3.65. The van der Waals surface area contributed by atoms with E-state index in [1.54, 1.807) is 42.6 Å². The molecule has 1 aromatic heterocycles. The number of rotatable bonds is 6. The van der Waals surface area contributed by atoms with Gasteiger partial charge in [-0.1, -0.05) is 6.07 Å². The van der Waals surface area contributed by atoms with Crippen molar-refractivity contribution in [1.29, 1.82) is 0 Å². The topological polar surface area (TPSA) is 86.4 Å². The third-order valence-electron chi connectivity index (χ3n) is 4.12. The van der Waals surface area contributed by atoms with Gasteiger partial charge in [0.1, 0.15) is 5.82 Å². The van der Waals surface area contributed by atoms with Crippen LogP contribution in [0.2, 0.25) is 0 Å². The summed E-state index contributed by atoms with van der Waals surface area (Å²) in [6.45, 7) is 1.44. The third kappa shape index (κ3) is 5.55. The van der Waals surface area contributed by atoms with E-state index in [0.29, 0.717) is 22.8 Å². The summed E-state index contributed by atoms with van der Waals surface area (Å²) in [6, 6.07) is 18.2. The van der Waals surface area contributed by atoms with Crippen molar-refractivity contribution in [2.75, 3.05) is 34.9 Å². The molecule has 0 aliphatic rings. The van der Waals surface area contributed by atoms with E-state index in [9.17, 15) is 9.59 Å². The number of nitrogens with one attached hydrogen (secondary N) is 3. The molecule has 3 aromatic rings. The van der Waals surface area contributed by atoms with Crippen molar-refractivity contribution in [3.05, 3.63) is 72.4 Å². The van der Waals surface area contributed by atoms with Gasteiger partial charge in [0.2, 0.25) is 5.91 Å². The summed E-state index contributed by atoms with van der Waals surface area (Å²) in [6.07, 6.45) is 1.58. The van der Waals surface area contributed by atoms with Gasteiger partial charge in [-0.05, 0) is 54.6 Å². The summed E-state index contributed by atoms with van der Waals surface area (Å²) in [5, 5.41) is 8.73. The zero-order valence-corrected chi connectivity index (χ0v) is 16.6. The van der Waals surface area contributed by atoms with Crippen molar-refractivity contribution in [3.8, 4) is 0 Å². The highest BCUT2D eigenvalue weighted by Gasteiger charge is 2.09. The third-order valence-corrected chi connectivity index (χ3v) is 4.12. The van der Waals surface area contributed by atoms with Crippen LogP contribution in [-0.2, 0) is 4.79 Å². The quantitative estimate of drug-likeness (QED) is 0.591. The van der Waals surface area contributed by atoms with Crippen molar-refractivity contribution >= 4 is 40.4 Å². The van der Waals surface area contributed by atoms with Crippen LogP contribution in [0.5, 0.6) is 0 Å².